The maximum absolute atomic E-state index is 3.84. The molecule has 1 aromatic carbocycles. The molecule has 2 fully saturated rings. The standard InChI is InChI=1S/C18H28N2/c1-4-17(2)13-19-18(3,16-8-6-5-7-9-16)14-20(17)12-15-10-11-15/h5-9,15,19H,4,10-14H2,1-3H3. The van der Waals surface area contributed by atoms with Crippen molar-refractivity contribution in [3.05, 3.63) is 35.9 Å². The number of benzene rings is 1. The van der Waals surface area contributed by atoms with Gasteiger partial charge in [-0.25, -0.2) is 0 Å². The Labute approximate surface area is 123 Å². The van der Waals surface area contributed by atoms with Gasteiger partial charge < -0.3 is 5.32 Å². The Hall–Kier alpha value is -0.860. The van der Waals surface area contributed by atoms with Gasteiger partial charge in [0.25, 0.3) is 0 Å². The Morgan fingerprint density at radius 3 is 2.50 bits per heavy atom. The van der Waals surface area contributed by atoms with Crippen molar-refractivity contribution in [2.45, 2.75) is 51.1 Å². The summed E-state index contributed by atoms with van der Waals surface area (Å²) in [6, 6.07) is 10.9. The van der Waals surface area contributed by atoms with Gasteiger partial charge in [-0.2, -0.15) is 0 Å². The Balaban J connectivity index is 1.82. The fourth-order valence-corrected chi connectivity index (χ4v) is 3.37. The van der Waals surface area contributed by atoms with Crippen LogP contribution >= 0.6 is 0 Å². The Kier molecular flexibility index (Phi) is 3.64. The van der Waals surface area contributed by atoms with Crippen LogP contribution in [-0.4, -0.2) is 30.1 Å². The lowest BCUT2D eigenvalue weighted by Gasteiger charge is -2.52. The third-order valence-electron chi connectivity index (χ3n) is 5.48. The maximum atomic E-state index is 3.84. The van der Waals surface area contributed by atoms with Crippen molar-refractivity contribution in [2.24, 2.45) is 5.92 Å². The van der Waals surface area contributed by atoms with Crippen molar-refractivity contribution in [1.29, 1.82) is 0 Å². The third kappa shape index (κ3) is 2.64. The SMILES string of the molecule is CCC1(C)CNC(C)(c2ccccc2)CN1CC1CC1. The van der Waals surface area contributed by atoms with Crippen LogP contribution in [0.4, 0.5) is 0 Å². The molecule has 0 spiro atoms. The summed E-state index contributed by atoms with van der Waals surface area (Å²) in [5, 5.41) is 3.84. The van der Waals surface area contributed by atoms with Crippen LogP contribution in [0.1, 0.15) is 45.6 Å². The largest absolute Gasteiger partial charge is 0.305 e. The van der Waals surface area contributed by atoms with Gasteiger partial charge in [0.2, 0.25) is 0 Å². The van der Waals surface area contributed by atoms with Crippen molar-refractivity contribution in [2.75, 3.05) is 19.6 Å². The number of rotatable bonds is 4. The molecule has 1 aromatic rings. The molecule has 1 saturated carbocycles. The zero-order valence-electron chi connectivity index (χ0n) is 13.2. The minimum atomic E-state index is 0.0881. The van der Waals surface area contributed by atoms with Crippen molar-refractivity contribution in [1.82, 2.24) is 10.2 Å². The molecule has 0 bridgehead atoms. The number of piperazine rings is 1. The molecule has 20 heavy (non-hydrogen) atoms. The zero-order chi connectivity index (χ0) is 14.2. The number of nitrogens with zero attached hydrogens (tertiary/aromatic N) is 1. The quantitative estimate of drug-likeness (QED) is 0.904. The van der Waals surface area contributed by atoms with Crippen LogP contribution in [0.2, 0.25) is 0 Å². The van der Waals surface area contributed by atoms with E-state index < -0.39 is 0 Å². The molecule has 2 unspecified atom stereocenters. The fourth-order valence-electron chi connectivity index (χ4n) is 3.37. The van der Waals surface area contributed by atoms with Gasteiger partial charge >= 0.3 is 0 Å². The second-order valence-corrected chi connectivity index (χ2v) is 7.23. The molecule has 1 aliphatic carbocycles. The van der Waals surface area contributed by atoms with Crippen LogP contribution in [-0.2, 0) is 5.54 Å². The van der Waals surface area contributed by atoms with Gasteiger partial charge in [0, 0.05) is 25.2 Å². The van der Waals surface area contributed by atoms with Gasteiger partial charge in [-0.1, -0.05) is 37.3 Å². The van der Waals surface area contributed by atoms with Crippen molar-refractivity contribution < 1.29 is 0 Å². The first-order valence-corrected chi connectivity index (χ1v) is 8.11. The Morgan fingerprint density at radius 1 is 1.20 bits per heavy atom. The molecule has 110 valence electrons. The van der Waals surface area contributed by atoms with Crippen LogP contribution in [0.3, 0.4) is 0 Å². The lowest BCUT2D eigenvalue weighted by molar-refractivity contribution is 0.0133. The Morgan fingerprint density at radius 2 is 1.90 bits per heavy atom. The summed E-state index contributed by atoms with van der Waals surface area (Å²) in [4.78, 5) is 2.76. The van der Waals surface area contributed by atoms with E-state index in [1.165, 1.54) is 31.4 Å². The molecular weight excluding hydrogens is 244 g/mol. The molecule has 1 N–H and O–H groups in total. The molecule has 2 atom stereocenters. The van der Waals surface area contributed by atoms with E-state index in [9.17, 15) is 0 Å². The smallest absolute Gasteiger partial charge is 0.0535 e. The normalized spacial score (nSPS) is 35.1. The van der Waals surface area contributed by atoms with Crippen LogP contribution in [0.5, 0.6) is 0 Å². The molecule has 0 amide bonds. The minimum Gasteiger partial charge on any atom is -0.305 e. The van der Waals surface area contributed by atoms with E-state index in [-0.39, 0.29) is 5.54 Å². The molecule has 1 saturated heterocycles. The van der Waals surface area contributed by atoms with Crippen molar-refractivity contribution in [3.63, 3.8) is 0 Å². The lowest BCUT2D eigenvalue weighted by Crippen LogP contribution is -2.66. The first-order valence-electron chi connectivity index (χ1n) is 8.11. The first-order chi connectivity index (χ1) is 9.56. The van der Waals surface area contributed by atoms with Crippen LogP contribution in [0.15, 0.2) is 30.3 Å². The predicted molar refractivity (Wildman–Crippen MR) is 84.8 cm³/mol. The van der Waals surface area contributed by atoms with Crippen molar-refractivity contribution >= 4 is 0 Å². The highest BCUT2D eigenvalue weighted by Gasteiger charge is 2.44. The minimum absolute atomic E-state index is 0.0881. The van der Waals surface area contributed by atoms with Crippen LogP contribution in [0.25, 0.3) is 0 Å². The van der Waals surface area contributed by atoms with E-state index in [2.05, 4.69) is 61.3 Å². The topological polar surface area (TPSA) is 15.3 Å². The lowest BCUT2D eigenvalue weighted by atomic mass is 9.83. The molecule has 3 rings (SSSR count). The third-order valence-corrected chi connectivity index (χ3v) is 5.48. The second-order valence-electron chi connectivity index (χ2n) is 7.23. The van der Waals surface area contributed by atoms with E-state index in [1.807, 2.05) is 0 Å². The summed E-state index contributed by atoms with van der Waals surface area (Å²) in [6.07, 6.45) is 4.09. The highest BCUT2D eigenvalue weighted by molar-refractivity contribution is 5.25. The summed E-state index contributed by atoms with van der Waals surface area (Å²) in [7, 11) is 0. The average Bonchev–Trinajstić information content (AvgIpc) is 3.28. The summed E-state index contributed by atoms with van der Waals surface area (Å²) >= 11 is 0. The molecule has 0 radical (unpaired) electrons. The van der Waals surface area contributed by atoms with Crippen LogP contribution < -0.4 is 5.32 Å². The van der Waals surface area contributed by atoms with Gasteiger partial charge in [-0.05, 0) is 44.6 Å². The summed E-state index contributed by atoms with van der Waals surface area (Å²) in [6.45, 7) is 10.6. The predicted octanol–water partition coefficient (Wildman–Crippen LogP) is 3.39. The molecule has 0 aromatic heterocycles. The first kappa shape index (κ1) is 14.1. The van der Waals surface area contributed by atoms with Gasteiger partial charge in [-0.15, -0.1) is 0 Å². The molecule has 1 aliphatic heterocycles. The van der Waals surface area contributed by atoms with E-state index >= 15 is 0 Å². The summed E-state index contributed by atoms with van der Waals surface area (Å²) in [5.74, 6) is 0.957. The maximum Gasteiger partial charge on any atom is 0.0535 e. The monoisotopic (exact) mass is 272 g/mol. The number of hydrogen-bond donors (Lipinski definition) is 1. The molecule has 1 heterocycles. The van der Waals surface area contributed by atoms with Gasteiger partial charge in [0.15, 0.2) is 0 Å². The number of hydrogen-bond acceptors (Lipinski definition) is 2. The second kappa shape index (κ2) is 5.16. The van der Waals surface area contributed by atoms with Gasteiger partial charge in [-0.3, -0.25) is 4.90 Å². The highest BCUT2D eigenvalue weighted by Crippen LogP contribution is 2.37. The van der Waals surface area contributed by atoms with Crippen LogP contribution in [0, 0.1) is 5.92 Å². The van der Waals surface area contributed by atoms with E-state index in [0.29, 0.717) is 5.54 Å². The van der Waals surface area contributed by atoms with Crippen molar-refractivity contribution in [3.8, 4) is 0 Å². The number of nitrogens with one attached hydrogen (secondary N) is 1. The molecule has 2 heteroatoms. The van der Waals surface area contributed by atoms with E-state index in [4.69, 9.17) is 0 Å². The summed E-state index contributed by atoms with van der Waals surface area (Å²) < 4.78 is 0. The Bertz CT molecular complexity index is 454. The average molecular weight is 272 g/mol. The molecule has 2 nitrogen and oxygen atoms in total. The van der Waals surface area contributed by atoms with E-state index in [0.717, 1.165) is 19.0 Å². The molecule has 2 aliphatic rings. The van der Waals surface area contributed by atoms with Gasteiger partial charge in [0.1, 0.15) is 0 Å². The van der Waals surface area contributed by atoms with E-state index in [1.54, 1.807) is 0 Å². The highest BCUT2D eigenvalue weighted by atomic mass is 15.3. The summed E-state index contributed by atoms with van der Waals surface area (Å²) in [5.41, 5.74) is 1.82. The van der Waals surface area contributed by atoms with Gasteiger partial charge in [0.05, 0.1) is 5.54 Å². The molecular formula is C18H28N2. The fraction of sp³-hybridized carbons (Fsp3) is 0.667. The zero-order valence-corrected chi connectivity index (χ0v) is 13.2.